The number of imidazole rings is 1. The van der Waals surface area contributed by atoms with Gasteiger partial charge < -0.3 is 4.57 Å². The lowest BCUT2D eigenvalue weighted by Crippen LogP contribution is -2.48. The Morgan fingerprint density at radius 1 is 0.862 bits per heavy atom. The Balaban J connectivity index is 1.46. The van der Waals surface area contributed by atoms with Gasteiger partial charge in [0.1, 0.15) is 0 Å². The maximum atomic E-state index is 13.0. The molecule has 0 bridgehead atoms. The summed E-state index contributed by atoms with van der Waals surface area (Å²) in [5.41, 5.74) is 6.73. The molecule has 3 aromatic rings. The third-order valence-corrected chi connectivity index (χ3v) is 7.93. The molecule has 1 fully saturated rings. The van der Waals surface area contributed by atoms with E-state index in [4.69, 9.17) is 0 Å². The summed E-state index contributed by atoms with van der Waals surface area (Å²) in [6.07, 6.45) is 1.88. The quantitative estimate of drug-likeness (QED) is 0.660. The molecule has 2 aromatic carbocycles. The molecular formula is C22H28N4O2S. The summed E-state index contributed by atoms with van der Waals surface area (Å²) in [7, 11) is -3.44. The van der Waals surface area contributed by atoms with Crippen LogP contribution in [0.15, 0.2) is 41.6 Å². The van der Waals surface area contributed by atoms with Crippen LogP contribution in [0.2, 0.25) is 0 Å². The summed E-state index contributed by atoms with van der Waals surface area (Å²) < 4.78 is 29.8. The van der Waals surface area contributed by atoms with Gasteiger partial charge in [-0.05, 0) is 74.2 Å². The summed E-state index contributed by atoms with van der Waals surface area (Å²) in [6, 6.07) is 9.67. The van der Waals surface area contributed by atoms with E-state index in [0.717, 1.165) is 28.8 Å². The number of benzene rings is 2. The average molecular weight is 413 g/mol. The Bertz CT molecular complexity index is 1160. The number of rotatable bonds is 4. The Morgan fingerprint density at radius 3 is 2.21 bits per heavy atom. The highest BCUT2D eigenvalue weighted by Crippen LogP contribution is 2.22. The molecule has 0 aliphatic carbocycles. The van der Waals surface area contributed by atoms with Crippen molar-refractivity contribution in [2.24, 2.45) is 0 Å². The van der Waals surface area contributed by atoms with E-state index >= 15 is 0 Å². The number of sulfonamides is 1. The molecule has 1 aliphatic rings. The van der Waals surface area contributed by atoms with E-state index in [-0.39, 0.29) is 0 Å². The Labute approximate surface area is 172 Å². The van der Waals surface area contributed by atoms with Gasteiger partial charge in [-0.1, -0.05) is 6.07 Å². The molecule has 7 heteroatoms. The minimum absolute atomic E-state index is 0.389. The zero-order valence-electron chi connectivity index (χ0n) is 17.5. The van der Waals surface area contributed by atoms with Crippen LogP contribution in [0.25, 0.3) is 11.0 Å². The Morgan fingerprint density at radius 2 is 1.52 bits per heavy atom. The van der Waals surface area contributed by atoms with Gasteiger partial charge in [0.25, 0.3) is 0 Å². The van der Waals surface area contributed by atoms with Gasteiger partial charge in [-0.3, -0.25) is 4.90 Å². The van der Waals surface area contributed by atoms with Crippen LogP contribution >= 0.6 is 0 Å². The first-order valence-corrected chi connectivity index (χ1v) is 11.4. The van der Waals surface area contributed by atoms with E-state index in [9.17, 15) is 8.42 Å². The first kappa shape index (κ1) is 20.1. The van der Waals surface area contributed by atoms with Gasteiger partial charge in [-0.2, -0.15) is 4.31 Å². The smallest absolute Gasteiger partial charge is 0.243 e. The highest BCUT2D eigenvalue weighted by Gasteiger charge is 2.28. The van der Waals surface area contributed by atoms with Crippen molar-refractivity contribution in [3.05, 3.63) is 58.9 Å². The highest BCUT2D eigenvalue weighted by atomic mass is 32.2. The van der Waals surface area contributed by atoms with E-state index in [1.54, 1.807) is 16.4 Å². The second-order valence-corrected chi connectivity index (χ2v) is 9.99. The van der Waals surface area contributed by atoms with Crippen LogP contribution in [0.3, 0.4) is 0 Å². The Hall–Kier alpha value is -2.22. The molecule has 4 rings (SSSR count). The maximum Gasteiger partial charge on any atom is 0.243 e. The predicted octanol–water partition coefficient (Wildman–Crippen LogP) is 3.23. The molecule has 0 radical (unpaired) electrons. The van der Waals surface area contributed by atoms with E-state index in [2.05, 4.69) is 40.4 Å². The van der Waals surface area contributed by atoms with E-state index in [0.29, 0.717) is 31.1 Å². The molecule has 0 amide bonds. The fourth-order valence-corrected chi connectivity index (χ4v) is 5.28. The standard InChI is InChI=1S/C22H28N4O2S/c1-16-5-6-20(11-17(16)2)29(27,28)26-9-7-24(8-10-26)15-25-14-23-21-12-18(3)19(4)13-22(21)25/h5-6,11-14H,7-10,15H2,1-4H3. The third kappa shape index (κ3) is 3.82. The number of aryl methyl sites for hydroxylation is 4. The molecule has 6 nitrogen and oxygen atoms in total. The highest BCUT2D eigenvalue weighted by molar-refractivity contribution is 7.89. The fourth-order valence-electron chi connectivity index (χ4n) is 3.78. The van der Waals surface area contributed by atoms with Crippen molar-refractivity contribution in [1.29, 1.82) is 0 Å². The second kappa shape index (κ2) is 7.55. The van der Waals surface area contributed by atoms with Crippen molar-refractivity contribution in [3.8, 4) is 0 Å². The van der Waals surface area contributed by atoms with Crippen LogP contribution in [0.4, 0.5) is 0 Å². The summed E-state index contributed by atoms with van der Waals surface area (Å²) in [5, 5.41) is 0. The maximum absolute atomic E-state index is 13.0. The molecule has 2 heterocycles. The monoisotopic (exact) mass is 412 g/mol. The van der Waals surface area contributed by atoms with Gasteiger partial charge >= 0.3 is 0 Å². The number of aromatic nitrogens is 2. The van der Waals surface area contributed by atoms with Gasteiger partial charge in [0, 0.05) is 26.2 Å². The molecule has 29 heavy (non-hydrogen) atoms. The lowest BCUT2D eigenvalue weighted by molar-refractivity contribution is 0.154. The molecule has 0 atom stereocenters. The van der Waals surface area contributed by atoms with Gasteiger partial charge in [0.05, 0.1) is 28.9 Å². The van der Waals surface area contributed by atoms with E-state index in [1.165, 1.54) is 11.1 Å². The molecule has 1 aromatic heterocycles. The van der Waals surface area contributed by atoms with Crippen LogP contribution in [0.1, 0.15) is 22.3 Å². The van der Waals surface area contributed by atoms with E-state index < -0.39 is 10.0 Å². The van der Waals surface area contributed by atoms with Crippen LogP contribution in [-0.4, -0.2) is 53.4 Å². The number of hydrogen-bond acceptors (Lipinski definition) is 4. The van der Waals surface area contributed by atoms with Gasteiger partial charge in [0.15, 0.2) is 0 Å². The number of nitrogens with zero attached hydrogens (tertiary/aromatic N) is 4. The summed E-state index contributed by atoms with van der Waals surface area (Å²) in [5.74, 6) is 0. The molecule has 0 N–H and O–H groups in total. The minimum Gasteiger partial charge on any atom is -0.317 e. The molecule has 0 unspecified atom stereocenters. The minimum atomic E-state index is -3.44. The van der Waals surface area contributed by atoms with Crippen molar-refractivity contribution in [1.82, 2.24) is 18.8 Å². The SMILES string of the molecule is Cc1ccc(S(=O)(=O)N2CCN(Cn3cnc4cc(C)c(C)cc43)CC2)cc1C. The first-order valence-electron chi connectivity index (χ1n) is 9.97. The predicted molar refractivity (Wildman–Crippen MR) is 115 cm³/mol. The van der Waals surface area contributed by atoms with Crippen LogP contribution in [0, 0.1) is 27.7 Å². The number of hydrogen-bond donors (Lipinski definition) is 0. The summed E-state index contributed by atoms with van der Waals surface area (Å²) in [6.45, 7) is 11.3. The molecular weight excluding hydrogens is 384 g/mol. The molecule has 0 saturated carbocycles. The van der Waals surface area contributed by atoms with Crippen LogP contribution < -0.4 is 0 Å². The summed E-state index contributed by atoms with van der Waals surface area (Å²) >= 11 is 0. The van der Waals surface area contributed by atoms with Gasteiger partial charge in [-0.25, -0.2) is 13.4 Å². The summed E-state index contributed by atoms with van der Waals surface area (Å²) in [4.78, 5) is 7.20. The number of fused-ring (bicyclic) bond motifs is 1. The van der Waals surface area contributed by atoms with Crippen molar-refractivity contribution in [2.75, 3.05) is 26.2 Å². The normalized spacial score (nSPS) is 16.6. The van der Waals surface area contributed by atoms with Crippen molar-refractivity contribution in [2.45, 2.75) is 39.3 Å². The molecule has 0 spiro atoms. The Kier molecular flexibility index (Phi) is 5.23. The lowest BCUT2D eigenvalue weighted by atomic mass is 10.1. The topological polar surface area (TPSA) is 58.4 Å². The first-order chi connectivity index (χ1) is 13.8. The van der Waals surface area contributed by atoms with Crippen molar-refractivity contribution in [3.63, 3.8) is 0 Å². The molecule has 1 saturated heterocycles. The van der Waals surface area contributed by atoms with Crippen LogP contribution in [-0.2, 0) is 16.7 Å². The number of piperazine rings is 1. The zero-order chi connectivity index (χ0) is 20.8. The molecule has 154 valence electrons. The van der Waals surface area contributed by atoms with E-state index in [1.807, 2.05) is 26.2 Å². The lowest BCUT2D eigenvalue weighted by Gasteiger charge is -2.34. The van der Waals surface area contributed by atoms with Crippen LogP contribution in [0.5, 0.6) is 0 Å². The zero-order valence-corrected chi connectivity index (χ0v) is 18.3. The largest absolute Gasteiger partial charge is 0.317 e. The van der Waals surface area contributed by atoms with Crippen molar-refractivity contribution >= 4 is 21.1 Å². The second-order valence-electron chi connectivity index (χ2n) is 8.05. The fraction of sp³-hybridized carbons (Fsp3) is 0.409. The molecule has 1 aliphatic heterocycles. The van der Waals surface area contributed by atoms with Gasteiger partial charge in [-0.15, -0.1) is 0 Å². The average Bonchev–Trinajstić information content (AvgIpc) is 3.06. The third-order valence-electron chi connectivity index (χ3n) is 6.04. The van der Waals surface area contributed by atoms with Gasteiger partial charge in [0.2, 0.25) is 10.0 Å². The van der Waals surface area contributed by atoms with Crippen molar-refractivity contribution < 1.29 is 8.42 Å².